The highest BCUT2D eigenvalue weighted by Gasteiger charge is 2.35. The van der Waals surface area contributed by atoms with Gasteiger partial charge in [0.1, 0.15) is 0 Å². The second-order valence-corrected chi connectivity index (χ2v) is 8.38. The maximum atomic E-state index is 13.3. The number of nitrogens with one attached hydrogen (secondary N) is 1. The predicted molar refractivity (Wildman–Crippen MR) is 121 cm³/mol. The zero-order valence-electron chi connectivity index (χ0n) is 17.3. The van der Waals surface area contributed by atoms with Crippen molar-refractivity contribution in [3.05, 3.63) is 77.7 Å². The van der Waals surface area contributed by atoms with Crippen LogP contribution in [0.25, 0.3) is 12.2 Å². The van der Waals surface area contributed by atoms with Crippen molar-refractivity contribution in [2.24, 2.45) is 0 Å². The van der Waals surface area contributed by atoms with Gasteiger partial charge in [-0.3, -0.25) is 4.57 Å². The van der Waals surface area contributed by atoms with E-state index in [4.69, 9.17) is 13.5 Å². The lowest BCUT2D eigenvalue weighted by atomic mass is 10.1. The lowest BCUT2D eigenvalue weighted by molar-refractivity contribution is 0.229. The van der Waals surface area contributed by atoms with Crippen molar-refractivity contribution < 1.29 is 18.0 Å². The van der Waals surface area contributed by atoms with Crippen molar-refractivity contribution in [3.8, 4) is 0 Å². The Morgan fingerprint density at radius 2 is 1.60 bits per heavy atom. The number of benzene rings is 2. The third-order valence-corrected chi connectivity index (χ3v) is 6.26. The van der Waals surface area contributed by atoms with E-state index in [0.29, 0.717) is 18.3 Å². The van der Waals surface area contributed by atoms with E-state index in [0.717, 1.165) is 12.0 Å². The Balaban J connectivity index is 1.84. The standard InChI is InChI=1S/C23H27N2O4P/c1-3-27-30(26,28-4-2)23-22(24-18-17-20-13-9-6-10-14-20)29-21(25-23)16-15-19-11-7-5-8-12-19/h5-16,24H,3-4,17-18H2,1-2H3/b16-15+. The van der Waals surface area contributed by atoms with Gasteiger partial charge < -0.3 is 18.8 Å². The molecule has 0 aliphatic rings. The monoisotopic (exact) mass is 426 g/mol. The van der Waals surface area contributed by atoms with Crippen LogP contribution in [0.5, 0.6) is 0 Å². The highest BCUT2D eigenvalue weighted by atomic mass is 31.2. The smallest absolute Gasteiger partial charge is 0.385 e. The average molecular weight is 426 g/mol. The molecule has 0 spiro atoms. The Morgan fingerprint density at radius 3 is 2.23 bits per heavy atom. The summed E-state index contributed by atoms with van der Waals surface area (Å²) in [6, 6.07) is 19.9. The van der Waals surface area contributed by atoms with E-state index >= 15 is 0 Å². The van der Waals surface area contributed by atoms with E-state index in [-0.39, 0.29) is 18.6 Å². The van der Waals surface area contributed by atoms with Gasteiger partial charge in [0.15, 0.2) is 0 Å². The third kappa shape index (κ3) is 5.92. The number of rotatable bonds is 11. The van der Waals surface area contributed by atoms with Gasteiger partial charge in [-0.1, -0.05) is 60.7 Å². The SMILES string of the molecule is CCOP(=O)(OCC)c1nc(/C=C/c2ccccc2)oc1NCCc1ccccc1. The molecule has 7 heteroatoms. The van der Waals surface area contributed by atoms with E-state index in [2.05, 4.69) is 22.4 Å². The molecular weight excluding hydrogens is 399 g/mol. The van der Waals surface area contributed by atoms with E-state index in [1.165, 1.54) is 5.56 Å². The fraction of sp³-hybridized carbons (Fsp3) is 0.261. The van der Waals surface area contributed by atoms with Crippen molar-refractivity contribution >= 4 is 31.1 Å². The predicted octanol–water partition coefficient (Wildman–Crippen LogP) is 5.39. The zero-order chi connectivity index (χ0) is 21.2. The van der Waals surface area contributed by atoms with Crippen LogP contribution in [0.4, 0.5) is 5.88 Å². The van der Waals surface area contributed by atoms with Gasteiger partial charge in [0.25, 0.3) is 0 Å². The van der Waals surface area contributed by atoms with Crippen LogP contribution in [-0.2, 0) is 20.0 Å². The number of hydrogen-bond acceptors (Lipinski definition) is 6. The summed E-state index contributed by atoms with van der Waals surface area (Å²) in [6.45, 7) is 4.60. The first-order valence-electron chi connectivity index (χ1n) is 10.1. The molecule has 0 aliphatic heterocycles. The van der Waals surface area contributed by atoms with Crippen molar-refractivity contribution in [1.29, 1.82) is 0 Å². The minimum Gasteiger partial charge on any atom is -0.420 e. The van der Waals surface area contributed by atoms with Gasteiger partial charge in [-0.2, -0.15) is 4.98 Å². The molecule has 0 atom stereocenters. The van der Waals surface area contributed by atoms with Crippen molar-refractivity contribution in [2.75, 3.05) is 25.1 Å². The van der Waals surface area contributed by atoms with E-state index in [9.17, 15) is 4.57 Å². The first-order valence-corrected chi connectivity index (χ1v) is 11.6. The number of hydrogen-bond donors (Lipinski definition) is 1. The Morgan fingerprint density at radius 1 is 0.967 bits per heavy atom. The Hall–Kier alpha value is -2.66. The van der Waals surface area contributed by atoms with E-state index < -0.39 is 7.60 Å². The molecule has 0 amide bonds. The molecule has 1 aromatic heterocycles. The quantitative estimate of drug-likeness (QED) is 0.415. The molecule has 2 aromatic carbocycles. The molecule has 1 heterocycles. The molecule has 158 valence electrons. The molecule has 3 aromatic rings. The molecule has 30 heavy (non-hydrogen) atoms. The molecule has 0 aliphatic carbocycles. The summed E-state index contributed by atoms with van der Waals surface area (Å²) < 4.78 is 30.2. The number of oxazole rings is 1. The molecule has 3 rings (SSSR count). The van der Waals surface area contributed by atoms with Crippen LogP contribution in [0, 0.1) is 0 Å². The summed E-state index contributed by atoms with van der Waals surface area (Å²) in [5, 5.41) is 3.21. The molecular formula is C23H27N2O4P. The van der Waals surface area contributed by atoms with Crippen LogP contribution < -0.4 is 10.8 Å². The van der Waals surface area contributed by atoms with Crippen LogP contribution in [0.1, 0.15) is 30.9 Å². The highest BCUT2D eigenvalue weighted by molar-refractivity contribution is 7.62. The number of nitrogens with zero attached hydrogens (tertiary/aromatic N) is 1. The fourth-order valence-electron chi connectivity index (χ4n) is 2.90. The average Bonchev–Trinajstić information content (AvgIpc) is 3.18. The zero-order valence-corrected chi connectivity index (χ0v) is 18.2. The van der Waals surface area contributed by atoms with Crippen LogP contribution >= 0.6 is 7.60 Å². The highest BCUT2D eigenvalue weighted by Crippen LogP contribution is 2.48. The summed E-state index contributed by atoms with van der Waals surface area (Å²) >= 11 is 0. The summed E-state index contributed by atoms with van der Waals surface area (Å²) in [7, 11) is -3.60. The van der Waals surface area contributed by atoms with Gasteiger partial charge >= 0.3 is 7.60 Å². The van der Waals surface area contributed by atoms with Gasteiger partial charge in [-0.15, -0.1) is 0 Å². The summed E-state index contributed by atoms with van der Waals surface area (Å²) in [5.74, 6) is 0.638. The lowest BCUT2D eigenvalue weighted by Crippen LogP contribution is -2.17. The molecule has 0 bridgehead atoms. The first kappa shape index (κ1) is 22.0. The molecule has 0 fully saturated rings. The molecule has 0 radical (unpaired) electrons. The Labute approximate surface area is 177 Å². The minimum atomic E-state index is -3.60. The number of aromatic nitrogens is 1. The minimum absolute atomic E-state index is 0.173. The van der Waals surface area contributed by atoms with Crippen LogP contribution in [-0.4, -0.2) is 24.7 Å². The molecule has 1 N–H and O–H groups in total. The molecule has 0 saturated carbocycles. The van der Waals surface area contributed by atoms with Gasteiger partial charge in [-0.05, 0) is 37.5 Å². The van der Waals surface area contributed by atoms with Crippen molar-refractivity contribution in [2.45, 2.75) is 20.3 Å². The maximum Gasteiger partial charge on any atom is 0.385 e. The van der Waals surface area contributed by atoms with Crippen molar-refractivity contribution in [3.63, 3.8) is 0 Å². The second kappa shape index (κ2) is 10.9. The van der Waals surface area contributed by atoms with Crippen molar-refractivity contribution in [1.82, 2.24) is 4.98 Å². The fourth-order valence-corrected chi connectivity index (χ4v) is 4.49. The first-order chi connectivity index (χ1) is 14.6. The number of anilines is 1. The second-order valence-electron chi connectivity index (χ2n) is 6.44. The largest absolute Gasteiger partial charge is 0.420 e. The molecule has 6 nitrogen and oxygen atoms in total. The van der Waals surface area contributed by atoms with Crippen LogP contribution in [0.15, 0.2) is 65.1 Å². The topological polar surface area (TPSA) is 73.6 Å². The summed E-state index contributed by atoms with van der Waals surface area (Å²) in [6.07, 6.45) is 4.41. The Bertz CT molecular complexity index is 977. The van der Waals surface area contributed by atoms with Crippen LogP contribution in [0.3, 0.4) is 0 Å². The van der Waals surface area contributed by atoms with Gasteiger partial charge in [0, 0.05) is 12.6 Å². The Kier molecular flexibility index (Phi) is 8.03. The normalized spacial score (nSPS) is 11.8. The van der Waals surface area contributed by atoms with Gasteiger partial charge in [0.05, 0.1) is 13.2 Å². The molecule has 0 saturated heterocycles. The third-order valence-electron chi connectivity index (χ3n) is 4.24. The maximum absolute atomic E-state index is 13.3. The molecule has 0 unspecified atom stereocenters. The summed E-state index contributed by atoms with van der Waals surface area (Å²) in [4.78, 5) is 4.43. The summed E-state index contributed by atoms with van der Waals surface area (Å²) in [5.41, 5.74) is 2.37. The van der Waals surface area contributed by atoms with E-state index in [1.807, 2.05) is 54.6 Å². The van der Waals surface area contributed by atoms with Crippen LogP contribution in [0.2, 0.25) is 0 Å². The van der Waals surface area contributed by atoms with E-state index in [1.54, 1.807) is 19.9 Å². The van der Waals surface area contributed by atoms with Gasteiger partial charge in [0.2, 0.25) is 17.2 Å². The van der Waals surface area contributed by atoms with Gasteiger partial charge in [-0.25, -0.2) is 0 Å². The lowest BCUT2D eigenvalue weighted by Gasteiger charge is -2.15.